The van der Waals surface area contributed by atoms with E-state index < -0.39 is 11.5 Å². The summed E-state index contributed by atoms with van der Waals surface area (Å²) in [5, 5.41) is 0. The van der Waals surface area contributed by atoms with E-state index in [-0.39, 0.29) is 18.1 Å². The van der Waals surface area contributed by atoms with Gasteiger partial charge in [0.25, 0.3) is 0 Å². The molecule has 0 saturated carbocycles. The quantitative estimate of drug-likeness (QED) is 0.765. The summed E-state index contributed by atoms with van der Waals surface area (Å²) in [6.45, 7) is 1.64. The van der Waals surface area contributed by atoms with Gasteiger partial charge >= 0.3 is 11.6 Å². The third kappa shape index (κ3) is 2.54. The Morgan fingerprint density at radius 2 is 2.05 bits per heavy atom. The lowest BCUT2D eigenvalue weighted by Gasteiger charge is -2.25. The molecule has 1 aromatic heterocycles. The van der Waals surface area contributed by atoms with E-state index in [1.165, 1.54) is 0 Å². The first-order chi connectivity index (χ1) is 10.5. The van der Waals surface area contributed by atoms with Crippen molar-refractivity contribution < 1.29 is 18.7 Å². The van der Waals surface area contributed by atoms with Crippen LogP contribution in [-0.2, 0) is 4.79 Å². The van der Waals surface area contributed by atoms with E-state index in [2.05, 4.69) is 15.9 Å². The largest absolute Gasteiger partial charge is 0.496 e. The molecule has 5 nitrogen and oxygen atoms in total. The molecule has 0 amide bonds. The molecule has 1 unspecified atom stereocenters. The smallest absolute Gasteiger partial charge is 0.343 e. The van der Waals surface area contributed by atoms with E-state index >= 15 is 0 Å². The van der Waals surface area contributed by atoms with Crippen LogP contribution in [0, 0.1) is 6.92 Å². The maximum Gasteiger partial charge on any atom is 0.343 e. The summed E-state index contributed by atoms with van der Waals surface area (Å²) in [5.41, 5.74) is 0.599. The normalized spacial score (nSPS) is 16.9. The number of benzene rings is 1. The average Bonchev–Trinajstić information content (AvgIpc) is 2.45. The Morgan fingerprint density at radius 3 is 2.77 bits per heavy atom. The number of esters is 1. The van der Waals surface area contributed by atoms with E-state index in [0.717, 1.165) is 10.0 Å². The molecule has 0 bridgehead atoms. The number of ether oxygens (including phenoxy) is 2. The van der Waals surface area contributed by atoms with Gasteiger partial charge in [-0.25, -0.2) is 4.79 Å². The second kappa shape index (κ2) is 5.61. The predicted molar refractivity (Wildman–Crippen MR) is 82.5 cm³/mol. The maximum absolute atomic E-state index is 12.2. The lowest BCUT2D eigenvalue weighted by Crippen LogP contribution is -2.27. The molecule has 1 atom stereocenters. The van der Waals surface area contributed by atoms with Crippen LogP contribution in [0.2, 0.25) is 0 Å². The minimum Gasteiger partial charge on any atom is -0.496 e. The zero-order valence-electron chi connectivity index (χ0n) is 12.0. The molecule has 1 aromatic carbocycles. The van der Waals surface area contributed by atoms with E-state index in [4.69, 9.17) is 13.9 Å². The minimum atomic E-state index is -0.491. The SMILES string of the molecule is COc1ccc(Br)cc1C1CC(=O)Oc2cc(C)oc(=O)c21. The standard InChI is InChI=1S/C16H13BrO5/c1-8-5-13-15(16(19)21-8)11(7-14(18)22-13)10-6-9(17)3-4-12(10)20-2/h3-6,11H,7H2,1-2H3. The molecule has 0 spiro atoms. The van der Waals surface area contributed by atoms with Crippen molar-refractivity contribution in [1.29, 1.82) is 0 Å². The third-order valence-electron chi connectivity index (χ3n) is 3.58. The van der Waals surface area contributed by atoms with E-state index in [1.54, 1.807) is 26.2 Å². The number of halogens is 1. The molecule has 114 valence electrons. The van der Waals surface area contributed by atoms with Gasteiger partial charge in [0.15, 0.2) is 0 Å². The van der Waals surface area contributed by atoms with Crippen molar-refractivity contribution in [2.24, 2.45) is 0 Å². The Labute approximate surface area is 135 Å². The summed E-state index contributed by atoms with van der Waals surface area (Å²) in [6.07, 6.45) is 0.0631. The molecule has 22 heavy (non-hydrogen) atoms. The van der Waals surface area contributed by atoms with E-state index in [1.807, 2.05) is 12.1 Å². The van der Waals surface area contributed by atoms with Crippen LogP contribution in [-0.4, -0.2) is 13.1 Å². The highest BCUT2D eigenvalue weighted by Gasteiger charge is 2.34. The zero-order chi connectivity index (χ0) is 15.9. The van der Waals surface area contributed by atoms with Crippen molar-refractivity contribution in [3.05, 3.63) is 56.0 Å². The average molecular weight is 365 g/mol. The van der Waals surface area contributed by atoms with Crippen molar-refractivity contribution >= 4 is 21.9 Å². The highest BCUT2D eigenvalue weighted by Crippen LogP contribution is 2.41. The summed E-state index contributed by atoms with van der Waals surface area (Å²) in [6, 6.07) is 7.02. The van der Waals surface area contributed by atoms with Crippen LogP contribution >= 0.6 is 15.9 Å². The topological polar surface area (TPSA) is 65.7 Å². The molecule has 0 fully saturated rings. The Kier molecular flexibility index (Phi) is 3.78. The van der Waals surface area contributed by atoms with Gasteiger partial charge in [0.05, 0.1) is 19.1 Å². The van der Waals surface area contributed by atoms with Crippen molar-refractivity contribution in [3.8, 4) is 11.5 Å². The summed E-state index contributed by atoms with van der Waals surface area (Å²) in [4.78, 5) is 24.2. The van der Waals surface area contributed by atoms with Gasteiger partial charge in [0.2, 0.25) is 0 Å². The van der Waals surface area contributed by atoms with Gasteiger partial charge in [0, 0.05) is 22.0 Å². The fraction of sp³-hybridized carbons (Fsp3) is 0.250. The van der Waals surface area contributed by atoms with Crippen molar-refractivity contribution in [2.75, 3.05) is 7.11 Å². The molecule has 2 heterocycles. The lowest BCUT2D eigenvalue weighted by molar-refractivity contribution is -0.135. The first-order valence-electron chi connectivity index (χ1n) is 6.68. The zero-order valence-corrected chi connectivity index (χ0v) is 13.6. The van der Waals surface area contributed by atoms with Crippen LogP contribution in [0.1, 0.15) is 29.2 Å². The number of aryl methyl sites for hydroxylation is 1. The number of carbonyl (C=O) groups excluding carboxylic acids is 1. The number of rotatable bonds is 2. The second-order valence-corrected chi connectivity index (χ2v) is 5.96. The molecule has 3 rings (SSSR count). The Hall–Kier alpha value is -2.08. The van der Waals surface area contributed by atoms with Crippen LogP contribution in [0.5, 0.6) is 11.5 Å². The predicted octanol–water partition coefficient (Wildman–Crippen LogP) is 3.16. The monoisotopic (exact) mass is 364 g/mol. The van der Waals surface area contributed by atoms with Gasteiger partial charge in [-0.15, -0.1) is 0 Å². The molecule has 0 radical (unpaired) electrons. The second-order valence-electron chi connectivity index (χ2n) is 5.04. The van der Waals surface area contributed by atoms with Gasteiger partial charge in [-0.3, -0.25) is 4.79 Å². The molecule has 1 aliphatic heterocycles. The fourth-order valence-electron chi connectivity index (χ4n) is 2.67. The number of hydrogen-bond donors (Lipinski definition) is 0. The minimum absolute atomic E-state index is 0.0631. The van der Waals surface area contributed by atoms with Gasteiger partial charge < -0.3 is 13.9 Å². The van der Waals surface area contributed by atoms with Crippen molar-refractivity contribution in [2.45, 2.75) is 19.3 Å². The van der Waals surface area contributed by atoms with Gasteiger partial charge in [0.1, 0.15) is 17.3 Å². The number of fused-ring (bicyclic) bond motifs is 1. The Balaban J connectivity index is 2.24. The molecule has 0 saturated heterocycles. The van der Waals surface area contributed by atoms with Crippen molar-refractivity contribution in [3.63, 3.8) is 0 Å². The molecule has 6 heteroatoms. The van der Waals surface area contributed by atoms with Gasteiger partial charge in [-0.1, -0.05) is 15.9 Å². The molecule has 1 aliphatic rings. The van der Waals surface area contributed by atoms with Crippen LogP contribution in [0.25, 0.3) is 0 Å². The summed E-state index contributed by atoms with van der Waals surface area (Å²) in [7, 11) is 1.55. The molecular weight excluding hydrogens is 352 g/mol. The third-order valence-corrected chi connectivity index (χ3v) is 4.08. The van der Waals surface area contributed by atoms with Crippen LogP contribution in [0.3, 0.4) is 0 Å². The molecule has 0 aliphatic carbocycles. The van der Waals surface area contributed by atoms with Gasteiger partial charge in [-0.05, 0) is 25.1 Å². The first-order valence-corrected chi connectivity index (χ1v) is 7.47. The number of hydrogen-bond acceptors (Lipinski definition) is 5. The molecule has 2 aromatic rings. The number of carbonyl (C=O) groups is 1. The van der Waals surface area contributed by atoms with Crippen LogP contribution in [0.4, 0.5) is 0 Å². The summed E-state index contributed by atoms with van der Waals surface area (Å²) >= 11 is 3.40. The van der Waals surface area contributed by atoms with E-state index in [0.29, 0.717) is 17.1 Å². The Bertz CT molecular complexity index is 809. The van der Waals surface area contributed by atoms with Crippen molar-refractivity contribution in [1.82, 2.24) is 0 Å². The molecular formula is C16H13BrO5. The summed E-state index contributed by atoms with van der Waals surface area (Å²) in [5.74, 6) is 0.425. The first kappa shape index (κ1) is 14.8. The maximum atomic E-state index is 12.2. The van der Waals surface area contributed by atoms with E-state index in [9.17, 15) is 9.59 Å². The van der Waals surface area contributed by atoms with Gasteiger partial charge in [-0.2, -0.15) is 0 Å². The number of methoxy groups -OCH3 is 1. The van der Waals surface area contributed by atoms with Crippen LogP contribution in [0.15, 0.2) is 37.9 Å². The highest BCUT2D eigenvalue weighted by molar-refractivity contribution is 9.10. The fourth-order valence-corrected chi connectivity index (χ4v) is 3.05. The van der Waals surface area contributed by atoms with Crippen LogP contribution < -0.4 is 15.1 Å². The Morgan fingerprint density at radius 1 is 1.27 bits per heavy atom. The highest BCUT2D eigenvalue weighted by atomic mass is 79.9. The lowest BCUT2D eigenvalue weighted by atomic mass is 9.87. The molecule has 0 N–H and O–H groups in total. The summed E-state index contributed by atoms with van der Waals surface area (Å²) < 4.78 is 16.6.